The van der Waals surface area contributed by atoms with Crippen molar-refractivity contribution in [2.45, 2.75) is 69.2 Å². The summed E-state index contributed by atoms with van der Waals surface area (Å²) in [5.41, 5.74) is 3.02. The Morgan fingerprint density at radius 3 is 2.41 bits per heavy atom. The van der Waals surface area contributed by atoms with Crippen molar-refractivity contribution in [2.24, 2.45) is 5.92 Å². The molecule has 240 valence electrons. The number of nitrogens with one attached hydrogen (secondary N) is 4. The second-order valence-corrected chi connectivity index (χ2v) is 13.0. The van der Waals surface area contributed by atoms with Gasteiger partial charge in [0.15, 0.2) is 5.03 Å². The number of benzene rings is 2. The minimum Gasteiger partial charge on any atom is -0.466 e. The van der Waals surface area contributed by atoms with Gasteiger partial charge in [0.05, 0.1) is 11.5 Å². The van der Waals surface area contributed by atoms with Crippen molar-refractivity contribution in [2.75, 3.05) is 26.2 Å². The average Bonchev–Trinajstić information content (AvgIpc) is 2.99. The van der Waals surface area contributed by atoms with Crippen LogP contribution in [0, 0.1) is 21.4 Å². The Balaban J connectivity index is 1.76. The molecule has 0 aromatic heterocycles. The standard InChI is InChI=1S/C30H42N6O7S/c1-4-43-27(37)20-22-15-18-35(19-16-22)28(38)26(14-9-17-32-29(31)33-36(39)40)34-44(41,42)25-13-8-12-24(21-25)30(2,3)23-10-6-5-7-11-23/h5-8,10-13,21-22,26,34H,4,9,14-20H2,1-3H3,(H3,31,32,33)/t26-/m0/s1. The van der Waals surface area contributed by atoms with Gasteiger partial charge in [-0.05, 0) is 61.8 Å². The van der Waals surface area contributed by atoms with E-state index in [1.165, 1.54) is 6.07 Å². The smallest absolute Gasteiger partial charge is 0.306 e. The molecule has 1 aliphatic heterocycles. The van der Waals surface area contributed by atoms with Crippen molar-refractivity contribution >= 4 is 27.9 Å². The molecule has 0 radical (unpaired) electrons. The third-order valence-corrected chi connectivity index (χ3v) is 9.29. The number of carbonyl (C=O) groups excluding carboxylic acids is 2. The Bertz CT molecular complexity index is 1410. The number of likely N-dealkylation sites (tertiary alicyclic amines) is 1. The van der Waals surface area contributed by atoms with Crippen molar-refractivity contribution in [3.8, 4) is 0 Å². The maximum atomic E-state index is 13.7. The summed E-state index contributed by atoms with van der Waals surface area (Å²) in [6.45, 7) is 6.93. The number of nitro groups is 1. The second-order valence-electron chi connectivity index (χ2n) is 11.3. The molecule has 1 heterocycles. The summed E-state index contributed by atoms with van der Waals surface area (Å²) in [7, 11) is -4.13. The number of esters is 1. The van der Waals surface area contributed by atoms with E-state index in [2.05, 4.69) is 10.0 Å². The van der Waals surface area contributed by atoms with Crippen LogP contribution < -0.4 is 15.5 Å². The molecule has 1 atom stereocenters. The van der Waals surface area contributed by atoms with Gasteiger partial charge in [-0.2, -0.15) is 4.72 Å². The van der Waals surface area contributed by atoms with E-state index in [1.807, 2.05) is 50.2 Å². The Labute approximate surface area is 258 Å². The number of hydrogen-bond acceptors (Lipinski definition) is 8. The molecule has 3 rings (SSSR count). The monoisotopic (exact) mass is 630 g/mol. The molecule has 1 saturated heterocycles. The van der Waals surface area contributed by atoms with E-state index in [1.54, 1.807) is 29.4 Å². The third-order valence-electron chi connectivity index (χ3n) is 7.82. The van der Waals surface area contributed by atoms with Crippen molar-refractivity contribution in [1.29, 1.82) is 5.41 Å². The largest absolute Gasteiger partial charge is 0.466 e. The summed E-state index contributed by atoms with van der Waals surface area (Å²) in [6.07, 6.45) is 1.80. The van der Waals surface area contributed by atoms with Crippen LogP contribution in [0.5, 0.6) is 0 Å². The molecule has 0 unspecified atom stereocenters. The van der Waals surface area contributed by atoms with E-state index in [0.717, 1.165) is 11.1 Å². The number of hydrazine groups is 1. The van der Waals surface area contributed by atoms with Crippen LogP contribution >= 0.6 is 0 Å². The van der Waals surface area contributed by atoms with Crippen LogP contribution in [0.15, 0.2) is 59.5 Å². The summed E-state index contributed by atoms with van der Waals surface area (Å²) < 4.78 is 35.0. The van der Waals surface area contributed by atoms with E-state index in [-0.39, 0.29) is 48.5 Å². The lowest BCUT2D eigenvalue weighted by Gasteiger charge is -2.34. The number of carbonyl (C=O) groups is 2. The number of rotatable bonds is 14. The molecule has 1 aliphatic rings. The van der Waals surface area contributed by atoms with Gasteiger partial charge in [0.2, 0.25) is 15.9 Å². The zero-order valence-corrected chi connectivity index (χ0v) is 26.2. The quantitative estimate of drug-likeness (QED) is 0.0609. The van der Waals surface area contributed by atoms with Gasteiger partial charge in [-0.15, -0.1) is 0 Å². The van der Waals surface area contributed by atoms with E-state index in [0.29, 0.717) is 32.5 Å². The molecule has 0 bridgehead atoms. The van der Waals surface area contributed by atoms with Crippen molar-refractivity contribution < 1.29 is 27.8 Å². The highest BCUT2D eigenvalue weighted by molar-refractivity contribution is 7.89. The summed E-state index contributed by atoms with van der Waals surface area (Å²) in [4.78, 5) is 37.8. The zero-order chi connectivity index (χ0) is 32.3. The fraction of sp³-hybridized carbons (Fsp3) is 0.500. The summed E-state index contributed by atoms with van der Waals surface area (Å²) in [5, 5.41) is 19.8. The van der Waals surface area contributed by atoms with E-state index in [9.17, 15) is 28.1 Å². The topological polar surface area (TPSA) is 184 Å². The molecule has 1 fully saturated rings. The van der Waals surface area contributed by atoms with Crippen LogP contribution in [-0.2, 0) is 29.8 Å². The summed E-state index contributed by atoms with van der Waals surface area (Å²) in [5.74, 6) is -1.10. The van der Waals surface area contributed by atoms with Crippen LogP contribution in [0.25, 0.3) is 0 Å². The highest BCUT2D eigenvalue weighted by atomic mass is 32.2. The SMILES string of the molecule is CCOC(=O)CC1CCN(C(=O)[C@H](CCCNC(=N)N[N+](=O)[O-])NS(=O)(=O)c2cccc(C(C)(C)c3ccccc3)c2)CC1. The second kappa shape index (κ2) is 15.6. The van der Waals surface area contributed by atoms with Crippen LogP contribution in [-0.4, -0.2) is 68.5 Å². The Kier molecular flexibility index (Phi) is 12.2. The molecule has 0 spiro atoms. The first-order valence-electron chi connectivity index (χ1n) is 14.7. The molecule has 4 N–H and O–H groups in total. The fourth-order valence-corrected chi connectivity index (χ4v) is 6.51. The summed E-state index contributed by atoms with van der Waals surface area (Å²) in [6, 6.07) is 15.3. The highest BCUT2D eigenvalue weighted by Crippen LogP contribution is 2.32. The molecule has 2 aromatic carbocycles. The van der Waals surface area contributed by atoms with Crippen molar-refractivity contribution in [1.82, 2.24) is 20.4 Å². The number of amides is 1. The molecular weight excluding hydrogens is 588 g/mol. The minimum atomic E-state index is -4.13. The minimum absolute atomic E-state index is 0.0278. The Morgan fingerprint density at radius 1 is 1.11 bits per heavy atom. The number of sulfonamides is 1. The molecule has 13 nitrogen and oxygen atoms in total. The zero-order valence-electron chi connectivity index (χ0n) is 25.4. The summed E-state index contributed by atoms with van der Waals surface area (Å²) >= 11 is 0. The van der Waals surface area contributed by atoms with Gasteiger partial charge in [-0.3, -0.25) is 15.0 Å². The van der Waals surface area contributed by atoms with Crippen LogP contribution in [0.1, 0.15) is 64.0 Å². The van der Waals surface area contributed by atoms with Crippen molar-refractivity contribution in [3.63, 3.8) is 0 Å². The average molecular weight is 631 g/mol. The molecular formula is C30H42N6O7S. The number of ether oxygens (including phenoxy) is 1. The maximum absolute atomic E-state index is 13.7. The third kappa shape index (κ3) is 9.74. The van der Waals surface area contributed by atoms with Gasteiger partial charge in [0.25, 0.3) is 5.96 Å². The fourth-order valence-electron chi connectivity index (χ4n) is 5.25. The van der Waals surface area contributed by atoms with E-state index in [4.69, 9.17) is 10.1 Å². The molecule has 44 heavy (non-hydrogen) atoms. The highest BCUT2D eigenvalue weighted by Gasteiger charge is 2.33. The lowest BCUT2D eigenvalue weighted by Crippen LogP contribution is -2.51. The molecule has 0 aliphatic carbocycles. The first-order chi connectivity index (χ1) is 20.8. The van der Waals surface area contributed by atoms with Gasteiger partial charge < -0.3 is 15.0 Å². The molecule has 2 aromatic rings. The van der Waals surface area contributed by atoms with Gasteiger partial charge in [-0.1, -0.05) is 61.7 Å². The Hall–Kier alpha value is -4.04. The van der Waals surface area contributed by atoms with Crippen LogP contribution in [0.4, 0.5) is 0 Å². The normalized spacial score (nSPS) is 14.8. The molecule has 1 amide bonds. The van der Waals surface area contributed by atoms with Gasteiger partial charge >= 0.3 is 5.97 Å². The Morgan fingerprint density at radius 2 is 1.77 bits per heavy atom. The van der Waals surface area contributed by atoms with Gasteiger partial charge in [0, 0.05) is 31.5 Å². The predicted octanol–water partition coefficient (Wildman–Crippen LogP) is 2.94. The van der Waals surface area contributed by atoms with Gasteiger partial charge in [0.1, 0.15) is 6.04 Å². The lowest BCUT2D eigenvalue weighted by molar-refractivity contribution is -0.525. The predicted molar refractivity (Wildman–Crippen MR) is 165 cm³/mol. The van der Waals surface area contributed by atoms with Gasteiger partial charge in [-0.25, -0.2) is 18.5 Å². The number of piperidine rings is 1. The van der Waals surface area contributed by atoms with E-state index < -0.39 is 32.5 Å². The lowest BCUT2D eigenvalue weighted by atomic mass is 9.78. The number of hydrogen-bond donors (Lipinski definition) is 4. The first-order valence-corrected chi connectivity index (χ1v) is 16.2. The molecule has 0 saturated carbocycles. The van der Waals surface area contributed by atoms with Crippen molar-refractivity contribution in [3.05, 3.63) is 75.8 Å². The number of guanidine groups is 1. The molecule has 14 heteroatoms. The number of nitrogens with zero attached hydrogens (tertiary/aromatic N) is 2. The first kappa shape index (κ1) is 34.5. The maximum Gasteiger partial charge on any atom is 0.306 e. The van der Waals surface area contributed by atoms with E-state index >= 15 is 0 Å². The van der Waals surface area contributed by atoms with Crippen LogP contribution in [0.3, 0.4) is 0 Å². The van der Waals surface area contributed by atoms with Crippen LogP contribution in [0.2, 0.25) is 0 Å².